The van der Waals surface area contributed by atoms with Crippen LogP contribution in [0.3, 0.4) is 0 Å². The molecule has 12 atom stereocenters. The summed E-state index contributed by atoms with van der Waals surface area (Å²) < 4.78 is 26.0. The highest BCUT2D eigenvalue weighted by Crippen LogP contribution is 2.31. The lowest BCUT2D eigenvalue weighted by atomic mass is 9.96. The van der Waals surface area contributed by atoms with Gasteiger partial charge in [0.15, 0.2) is 30.9 Å². The molecule has 0 aromatic heterocycles. The Labute approximate surface area is 192 Å². The molecule has 198 valence electrons. The SMILES string of the molecule is C[C@@H](O[C@H]1[C@@H](O)[C@@H](CO)O[C@@H](O[C@H]2[C@H](OC(=O)[C@H](O)CO)[C@@H](O)C(O)O[C@@H]2CO)[C@@H]1O)C(=O)O. The van der Waals surface area contributed by atoms with Crippen LogP contribution in [0.5, 0.6) is 0 Å². The van der Waals surface area contributed by atoms with Crippen molar-refractivity contribution in [3.63, 3.8) is 0 Å². The predicted octanol–water partition coefficient (Wildman–Crippen LogP) is -6.00. The summed E-state index contributed by atoms with van der Waals surface area (Å²) in [5, 5.41) is 87.7. The van der Waals surface area contributed by atoms with Gasteiger partial charge >= 0.3 is 11.9 Å². The number of carboxylic acids is 1. The first-order valence-electron chi connectivity index (χ1n) is 10.2. The fourth-order valence-corrected chi connectivity index (χ4v) is 3.42. The van der Waals surface area contributed by atoms with Crippen molar-refractivity contribution in [3.8, 4) is 0 Å². The fraction of sp³-hybridized carbons (Fsp3) is 0.889. The van der Waals surface area contributed by atoms with E-state index in [1.165, 1.54) is 0 Å². The third-order valence-corrected chi connectivity index (χ3v) is 5.33. The van der Waals surface area contributed by atoms with E-state index in [9.17, 15) is 45.3 Å². The molecule has 2 rings (SSSR count). The molecule has 2 heterocycles. The Balaban J connectivity index is 2.31. The van der Waals surface area contributed by atoms with E-state index in [1.807, 2.05) is 0 Å². The standard InChI is InChI=1S/C18H30O16/c1-5(15(26)27)30-13-9(23)7(3-20)32-18(11(13)25)34-12-8(4-21)31-17(29)10(24)14(12)33-16(28)6(22)2-19/h5-14,17-25,29H,2-4H2,1H3,(H,26,27)/t5-,6-,7-,8-,9+,10-,11-,12-,13+,14-,17?,18+/m1/s1. The molecule has 0 bridgehead atoms. The second-order valence-corrected chi connectivity index (χ2v) is 7.73. The predicted molar refractivity (Wildman–Crippen MR) is 102 cm³/mol. The Morgan fingerprint density at radius 2 is 1.50 bits per heavy atom. The van der Waals surface area contributed by atoms with Crippen molar-refractivity contribution in [2.75, 3.05) is 19.8 Å². The first-order chi connectivity index (χ1) is 16.0. The van der Waals surface area contributed by atoms with Crippen LogP contribution >= 0.6 is 0 Å². The van der Waals surface area contributed by atoms with Crippen LogP contribution in [-0.4, -0.2) is 151 Å². The van der Waals surface area contributed by atoms with Gasteiger partial charge in [0.1, 0.15) is 42.7 Å². The number of aliphatic hydroxyl groups is 8. The average molecular weight is 502 g/mol. The maximum Gasteiger partial charge on any atom is 0.337 e. The lowest BCUT2D eigenvalue weighted by Gasteiger charge is -2.47. The summed E-state index contributed by atoms with van der Waals surface area (Å²) in [4.78, 5) is 23.1. The Morgan fingerprint density at radius 3 is 2.03 bits per heavy atom. The van der Waals surface area contributed by atoms with Crippen molar-refractivity contribution in [3.05, 3.63) is 0 Å². The summed E-state index contributed by atoms with van der Waals surface area (Å²) in [5.74, 6) is -2.84. The molecule has 2 aliphatic heterocycles. The number of carbonyl (C=O) groups excluding carboxylic acids is 1. The van der Waals surface area contributed by atoms with Gasteiger partial charge in [0.05, 0.1) is 19.8 Å². The smallest absolute Gasteiger partial charge is 0.337 e. The minimum atomic E-state index is -2.01. The average Bonchev–Trinajstić information content (AvgIpc) is 2.81. The zero-order valence-corrected chi connectivity index (χ0v) is 17.9. The van der Waals surface area contributed by atoms with Gasteiger partial charge < -0.3 is 69.6 Å². The van der Waals surface area contributed by atoms with E-state index >= 15 is 0 Å². The number of hydrogen-bond donors (Lipinski definition) is 9. The number of esters is 1. The van der Waals surface area contributed by atoms with E-state index in [-0.39, 0.29) is 0 Å². The Hall–Kier alpha value is -1.54. The molecule has 16 heteroatoms. The van der Waals surface area contributed by atoms with Crippen LogP contribution in [0.1, 0.15) is 6.92 Å². The lowest BCUT2D eigenvalue weighted by Crippen LogP contribution is -2.66. The highest BCUT2D eigenvalue weighted by atomic mass is 16.7. The number of ether oxygens (including phenoxy) is 5. The zero-order valence-electron chi connectivity index (χ0n) is 17.9. The van der Waals surface area contributed by atoms with Crippen LogP contribution in [-0.2, 0) is 33.3 Å². The molecular weight excluding hydrogens is 472 g/mol. The highest BCUT2D eigenvalue weighted by Gasteiger charge is 2.53. The molecular formula is C18H30O16. The molecule has 2 saturated heterocycles. The Morgan fingerprint density at radius 1 is 0.882 bits per heavy atom. The number of rotatable bonds is 10. The molecule has 34 heavy (non-hydrogen) atoms. The van der Waals surface area contributed by atoms with Crippen molar-refractivity contribution in [1.29, 1.82) is 0 Å². The van der Waals surface area contributed by atoms with Crippen LogP contribution in [0, 0.1) is 0 Å². The molecule has 0 spiro atoms. The van der Waals surface area contributed by atoms with Gasteiger partial charge in [-0.15, -0.1) is 0 Å². The molecule has 0 aromatic carbocycles. The first kappa shape index (κ1) is 28.7. The van der Waals surface area contributed by atoms with E-state index in [2.05, 4.69) is 0 Å². The number of hydrogen-bond acceptors (Lipinski definition) is 15. The van der Waals surface area contributed by atoms with Crippen molar-refractivity contribution in [2.45, 2.75) is 80.5 Å². The van der Waals surface area contributed by atoms with Crippen LogP contribution in [0.4, 0.5) is 0 Å². The van der Waals surface area contributed by atoms with Crippen molar-refractivity contribution in [2.24, 2.45) is 0 Å². The number of carbonyl (C=O) groups is 2. The summed E-state index contributed by atoms with van der Waals surface area (Å²) in [6.45, 7) is -1.59. The second-order valence-electron chi connectivity index (χ2n) is 7.73. The van der Waals surface area contributed by atoms with Crippen molar-refractivity contribution in [1.82, 2.24) is 0 Å². The second kappa shape index (κ2) is 12.4. The summed E-state index contributed by atoms with van der Waals surface area (Å²) >= 11 is 0. The molecule has 2 fully saturated rings. The topological polar surface area (TPSA) is 262 Å². The quantitative estimate of drug-likeness (QED) is 0.126. The van der Waals surface area contributed by atoms with E-state index in [0.29, 0.717) is 0 Å². The summed E-state index contributed by atoms with van der Waals surface area (Å²) in [7, 11) is 0. The third-order valence-electron chi connectivity index (χ3n) is 5.33. The van der Waals surface area contributed by atoms with Crippen LogP contribution in [0.2, 0.25) is 0 Å². The van der Waals surface area contributed by atoms with Crippen LogP contribution < -0.4 is 0 Å². The molecule has 0 aromatic rings. The Bertz CT molecular complexity index is 676. The largest absolute Gasteiger partial charge is 0.479 e. The van der Waals surface area contributed by atoms with Crippen molar-refractivity contribution >= 4 is 11.9 Å². The molecule has 0 saturated carbocycles. The van der Waals surface area contributed by atoms with E-state index in [1.54, 1.807) is 0 Å². The molecule has 1 unspecified atom stereocenters. The summed E-state index contributed by atoms with van der Waals surface area (Å²) in [6, 6.07) is 0. The van der Waals surface area contributed by atoms with Gasteiger partial charge in [-0.1, -0.05) is 0 Å². The lowest BCUT2D eigenvalue weighted by molar-refractivity contribution is -0.359. The van der Waals surface area contributed by atoms with Gasteiger partial charge in [0.2, 0.25) is 0 Å². The van der Waals surface area contributed by atoms with Gasteiger partial charge in [-0.25, -0.2) is 9.59 Å². The zero-order chi connectivity index (χ0) is 25.7. The molecule has 0 radical (unpaired) electrons. The maximum atomic E-state index is 12.0. The number of aliphatic hydroxyl groups excluding tert-OH is 8. The fourth-order valence-electron chi connectivity index (χ4n) is 3.42. The van der Waals surface area contributed by atoms with Gasteiger partial charge in [0.25, 0.3) is 0 Å². The normalized spacial score (nSPS) is 40.4. The van der Waals surface area contributed by atoms with Crippen molar-refractivity contribution < 1.29 is 79.2 Å². The first-order valence-corrected chi connectivity index (χ1v) is 10.2. The number of aliphatic carboxylic acids is 1. The van der Waals surface area contributed by atoms with Gasteiger partial charge in [-0.3, -0.25) is 0 Å². The van der Waals surface area contributed by atoms with Crippen LogP contribution in [0.15, 0.2) is 0 Å². The summed E-state index contributed by atoms with van der Waals surface area (Å²) in [5.41, 5.74) is 0. The van der Waals surface area contributed by atoms with E-state index < -0.39 is 105 Å². The van der Waals surface area contributed by atoms with Gasteiger partial charge in [-0.05, 0) is 6.92 Å². The van der Waals surface area contributed by atoms with Crippen LogP contribution in [0.25, 0.3) is 0 Å². The molecule has 9 N–H and O–H groups in total. The van der Waals surface area contributed by atoms with Gasteiger partial charge in [-0.2, -0.15) is 0 Å². The minimum absolute atomic E-state index is 0.817. The molecule has 0 amide bonds. The highest BCUT2D eigenvalue weighted by molar-refractivity contribution is 5.74. The molecule has 16 nitrogen and oxygen atoms in total. The maximum absolute atomic E-state index is 12.0. The Kier molecular flexibility index (Phi) is 10.5. The van der Waals surface area contributed by atoms with Gasteiger partial charge in [0, 0.05) is 0 Å². The molecule has 2 aliphatic rings. The monoisotopic (exact) mass is 502 g/mol. The minimum Gasteiger partial charge on any atom is -0.479 e. The third kappa shape index (κ3) is 6.36. The molecule has 0 aliphatic carbocycles. The van der Waals surface area contributed by atoms with E-state index in [4.69, 9.17) is 33.9 Å². The number of carboxylic acid groups (broad SMARTS) is 1. The summed E-state index contributed by atoms with van der Waals surface area (Å²) in [6.07, 6.45) is -21.0. The van der Waals surface area contributed by atoms with E-state index in [0.717, 1.165) is 6.92 Å².